The molecule has 0 saturated heterocycles. The zero-order chi connectivity index (χ0) is 11.5. The van der Waals surface area contributed by atoms with E-state index in [0.29, 0.717) is 0 Å². The highest BCUT2D eigenvalue weighted by molar-refractivity contribution is 5.99. The lowest BCUT2D eigenvalue weighted by Gasteiger charge is -2.00. The van der Waals surface area contributed by atoms with Crippen molar-refractivity contribution in [1.29, 1.82) is 0 Å². The van der Waals surface area contributed by atoms with Crippen molar-refractivity contribution < 1.29 is 4.79 Å². The maximum atomic E-state index is 11.3. The van der Waals surface area contributed by atoms with Gasteiger partial charge in [-0.05, 0) is 37.8 Å². The Balaban J connectivity index is 2.30. The molecule has 1 aliphatic carbocycles. The van der Waals surface area contributed by atoms with E-state index in [9.17, 15) is 4.79 Å². The van der Waals surface area contributed by atoms with Gasteiger partial charge in [0.1, 0.15) is 0 Å². The summed E-state index contributed by atoms with van der Waals surface area (Å²) < 4.78 is 0. The smallest absolute Gasteiger partial charge is 0.177 e. The van der Waals surface area contributed by atoms with Gasteiger partial charge in [-0.1, -0.05) is 50.7 Å². The lowest BCUT2D eigenvalue weighted by Crippen LogP contribution is -1.84. The second-order valence-corrected chi connectivity index (χ2v) is 4.61. The average Bonchev–Trinajstić information content (AvgIpc) is 2.29. The first-order chi connectivity index (χ1) is 7.89. The molecule has 1 rings (SSSR count). The monoisotopic (exact) mass is 220 g/mol. The molecule has 0 spiro atoms. The summed E-state index contributed by atoms with van der Waals surface area (Å²) in [5.74, 6) is 0.148. The first-order valence-electron chi connectivity index (χ1n) is 6.76. The van der Waals surface area contributed by atoms with Crippen LogP contribution in [0.5, 0.6) is 0 Å². The molecule has 0 unspecified atom stereocenters. The van der Waals surface area contributed by atoms with E-state index in [1.165, 1.54) is 51.4 Å². The maximum absolute atomic E-state index is 11.3. The Kier molecular flexibility index (Phi) is 7.75. The maximum Gasteiger partial charge on any atom is 0.177 e. The van der Waals surface area contributed by atoms with Crippen LogP contribution in [0.15, 0.2) is 24.3 Å². The standard InChI is InChI=1S/C15H24O/c16-15-13-11-9-7-5-3-1-2-4-6-8-10-12-14-15/h11-14H,1-10H2/b13-11-,14-12-. The van der Waals surface area contributed by atoms with Crippen molar-refractivity contribution in [3.63, 3.8) is 0 Å². The molecule has 0 bridgehead atoms. The number of carbonyl (C=O) groups is 1. The van der Waals surface area contributed by atoms with Crippen LogP contribution in [-0.2, 0) is 4.79 Å². The summed E-state index contributed by atoms with van der Waals surface area (Å²) in [6.45, 7) is 0. The van der Waals surface area contributed by atoms with Gasteiger partial charge in [-0.25, -0.2) is 0 Å². The summed E-state index contributed by atoms with van der Waals surface area (Å²) in [6.07, 6.45) is 20.2. The summed E-state index contributed by atoms with van der Waals surface area (Å²) in [6, 6.07) is 0. The molecular weight excluding hydrogens is 196 g/mol. The zero-order valence-electron chi connectivity index (χ0n) is 10.3. The minimum Gasteiger partial charge on any atom is -0.290 e. The van der Waals surface area contributed by atoms with E-state index in [1.54, 1.807) is 12.2 Å². The van der Waals surface area contributed by atoms with Crippen LogP contribution in [0.2, 0.25) is 0 Å². The third-order valence-electron chi connectivity index (χ3n) is 3.06. The van der Waals surface area contributed by atoms with Gasteiger partial charge in [0, 0.05) is 0 Å². The van der Waals surface area contributed by atoms with Crippen molar-refractivity contribution in [1.82, 2.24) is 0 Å². The molecule has 1 nitrogen and oxygen atoms in total. The van der Waals surface area contributed by atoms with E-state index in [1.807, 2.05) is 12.2 Å². The van der Waals surface area contributed by atoms with Crippen molar-refractivity contribution in [2.75, 3.05) is 0 Å². The number of carbonyl (C=O) groups excluding carboxylic acids is 1. The normalized spacial score (nSPS) is 25.4. The Labute approximate surface area is 99.6 Å². The van der Waals surface area contributed by atoms with Gasteiger partial charge in [-0.3, -0.25) is 4.79 Å². The fraction of sp³-hybridized carbons (Fsp3) is 0.667. The fourth-order valence-corrected chi connectivity index (χ4v) is 2.04. The molecule has 0 radical (unpaired) electrons. The molecule has 0 aromatic heterocycles. The Morgan fingerprint density at radius 2 is 1.00 bits per heavy atom. The van der Waals surface area contributed by atoms with Crippen LogP contribution in [0.3, 0.4) is 0 Å². The van der Waals surface area contributed by atoms with E-state index < -0.39 is 0 Å². The molecule has 0 heterocycles. The highest BCUT2D eigenvalue weighted by atomic mass is 16.1. The van der Waals surface area contributed by atoms with Gasteiger partial charge in [0.15, 0.2) is 5.78 Å². The quantitative estimate of drug-likeness (QED) is 0.584. The minimum atomic E-state index is 0.148. The molecule has 0 fully saturated rings. The molecule has 0 aromatic carbocycles. The molecule has 0 amide bonds. The molecule has 1 aliphatic rings. The highest BCUT2D eigenvalue weighted by Crippen LogP contribution is 2.11. The lowest BCUT2D eigenvalue weighted by molar-refractivity contribution is -0.110. The van der Waals surface area contributed by atoms with Gasteiger partial charge in [0.2, 0.25) is 0 Å². The lowest BCUT2D eigenvalue weighted by atomic mass is 10.1. The Bertz CT molecular complexity index is 214. The van der Waals surface area contributed by atoms with E-state index in [0.717, 1.165) is 12.8 Å². The molecule has 1 heteroatoms. The molecule has 16 heavy (non-hydrogen) atoms. The number of ketones is 1. The molecule has 90 valence electrons. The highest BCUT2D eigenvalue weighted by Gasteiger charge is 1.93. The SMILES string of the molecule is O=C1/C=C\CCCCCCCCCC/C=C\1. The summed E-state index contributed by atoms with van der Waals surface area (Å²) >= 11 is 0. The summed E-state index contributed by atoms with van der Waals surface area (Å²) in [5, 5.41) is 0. The van der Waals surface area contributed by atoms with Crippen molar-refractivity contribution >= 4 is 5.78 Å². The van der Waals surface area contributed by atoms with Gasteiger partial charge >= 0.3 is 0 Å². The third-order valence-corrected chi connectivity index (χ3v) is 3.06. The predicted molar refractivity (Wildman–Crippen MR) is 69.5 cm³/mol. The van der Waals surface area contributed by atoms with E-state index >= 15 is 0 Å². The topological polar surface area (TPSA) is 17.1 Å². The average molecular weight is 220 g/mol. The largest absolute Gasteiger partial charge is 0.290 e. The molecule has 0 atom stereocenters. The number of hydrogen-bond donors (Lipinski definition) is 0. The minimum absolute atomic E-state index is 0.148. The summed E-state index contributed by atoms with van der Waals surface area (Å²) in [5.41, 5.74) is 0. The van der Waals surface area contributed by atoms with Gasteiger partial charge in [-0.15, -0.1) is 0 Å². The molecule has 0 aliphatic heterocycles. The first kappa shape index (κ1) is 13.2. The van der Waals surface area contributed by atoms with Crippen LogP contribution < -0.4 is 0 Å². The van der Waals surface area contributed by atoms with Crippen LogP contribution in [-0.4, -0.2) is 5.78 Å². The molecule has 0 aromatic rings. The second kappa shape index (κ2) is 9.38. The van der Waals surface area contributed by atoms with E-state index in [-0.39, 0.29) is 5.78 Å². The van der Waals surface area contributed by atoms with Crippen LogP contribution in [0.25, 0.3) is 0 Å². The molecule has 0 N–H and O–H groups in total. The van der Waals surface area contributed by atoms with Gasteiger partial charge in [-0.2, -0.15) is 0 Å². The molecular formula is C15H24O. The second-order valence-electron chi connectivity index (χ2n) is 4.61. The third kappa shape index (κ3) is 7.44. The van der Waals surface area contributed by atoms with Crippen molar-refractivity contribution in [3.8, 4) is 0 Å². The van der Waals surface area contributed by atoms with Crippen LogP contribution >= 0.6 is 0 Å². The number of rotatable bonds is 0. The summed E-state index contributed by atoms with van der Waals surface area (Å²) in [4.78, 5) is 11.3. The Morgan fingerprint density at radius 3 is 1.44 bits per heavy atom. The fourth-order valence-electron chi connectivity index (χ4n) is 2.04. The predicted octanol–water partition coefficient (Wildman–Crippen LogP) is 4.58. The number of hydrogen-bond acceptors (Lipinski definition) is 1. The van der Waals surface area contributed by atoms with Gasteiger partial charge in [0.25, 0.3) is 0 Å². The molecule has 0 saturated carbocycles. The van der Waals surface area contributed by atoms with Crippen molar-refractivity contribution in [3.05, 3.63) is 24.3 Å². The van der Waals surface area contributed by atoms with Crippen LogP contribution in [0.4, 0.5) is 0 Å². The Morgan fingerprint density at radius 1 is 0.625 bits per heavy atom. The zero-order valence-corrected chi connectivity index (χ0v) is 10.3. The van der Waals surface area contributed by atoms with E-state index in [4.69, 9.17) is 0 Å². The van der Waals surface area contributed by atoms with Crippen molar-refractivity contribution in [2.24, 2.45) is 0 Å². The summed E-state index contributed by atoms with van der Waals surface area (Å²) in [7, 11) is 0. The van der Waals surface area contributed by atoms with Crippen molar-refractivity contribution in [2.45, 2.75) is 64.2 Å². The van der Waals surface area contributed by atoms with Crippen LogP contribution in [0.1, 0.15) is 64.2 Å². The first-order valence-corrected chi connectivity index (χ1v) is 6.76. The number of allylic oxidation sites excluding steroid dienone is 4. The van der Waals surface area contributed by atoms with Gasteiger partial charge < -0.3 is 0 Å². The Hall–Kier alpha value is -0.850. The van der Waals surface area contributed by atoms with Crippen LogP contribution in [0, 0.1) is 0 Å². The van der Waals surface area contributed by atoms with Gasteiger partial charge in [0.05, 0.1) is 0 Å². The van der Waals surface area contributed by atoms with E-state index in [2.05, 4.69) is 0 Å².